The molecule has 1 atom stereocenters. The normalized spacial score (nSPS) is 11.9. The molecule has 0 aliphatic heterocycles. The molecule has 1 unspecified atom stereocenters. The molecule has 5 nitrogen and oxygen atoms in total. The van der Waals surface area contributed by atoms with E-state index in [-0.39, 0.29) is 12.5 Å². The number of aliphatic carboxylic acids is 1. The monoisotopic (exact) mass is 242 g/mol. The molecule has 1 aromatic rings. The Labute approximate surface area is 97.4 Å². The minimum absolute atomic E-state index is 0.0802. The van der Waals surface area contributed by atoms with Crippen LogP contribution < -0.4 is 5.32 Å². The number of carboxylic acid groups (broad SMARTS) is 1. The van der Waals surface area contributed by atoms with Crippen LogP contribution in [0.2, 0.25) is 5.15 Å². The lowest BCUT2D eigenvalue weighted by atomic mass is 10.2. The minimum atomic E-state index is -0.950. The Morgan fingerprint density at radius 2 is 2.25 bits per heavy atom. The average molecular weight is 243 g/mol. The van der Waals surface area contributed by atoms with Crippen molar-refractivity contribution in [2.24, 2.45) is 5.92 Å². The van der Waals surface area contributed by atoms with Crippen LogP contribution in [0.5, 0.6) is 0 Å². The minimum Gasteiger partial charge on any atom is -0.481 e. The molecule has 1 aromatic heterocycles. The SMILES string of the molecule is CC(CNC(=O)c1ccc(Cl)nc1)C(=O)O. The lowest BCUT2D eigenvalue weighted by Gasteiger charge is -2.07. The van der Waals surface area contributed by atoms with Gasteiger partial charge in [0.1, 0.15) is 5.15 Å². The molecule has 0 spiro atoms. The van der Waals surface area contributed by atoms with E-state index in [1.54, 1.807) is 0 Å². The molecule has 16 heavy (non-hydrogen) atoms. The third kappa shape index (κ3) is 3.51. The summed E-state index contributed by atoms with van der Waals surface area (Å²) < 4.78 is 0. The highest BCUT2D eigenvalue weighted by atomic mass is 35.5. The standard InChI is InChI=1S/C10H11ClN2O3/c1-6(10(15)16)4-13-9(14)7-2-3-8(11)12-5-7/h2-3,5-6H,4H2,1H3,(H,13,14)(H,15,16). The molecule has 0 saturated heterocycles. The van der Waals surface area contributed by atoms with Gasteiger partial charge in [0.2, 0.25) is 0 Å². The Morgan fingerprint density at radius 1 is 1.56 bits per heavy atom. The zero-order valence-electron chi connectivity index (χ0n) is 8.61. The van der Waals surface area contributed by atoms with E-state index in [0.29, 0.717) is 10.7 Å². The molecule has 86 valence electrons. The first-order valence-electron chi connectivity index (χ1n) is 4.63. The molecule has 0 aliphatic carbocycles. The molecular formula is C10H11ClN2O3. The van der Waals surface area contributed by atoms with Gasteiger partial charge >= 0.3 is 5.97 Å². The van der Waals surface area contributed by atoms with E-state index in [1.165, 1.54) is 25.3 Å². The number of nitrogens with one attached hydrogen (secondary N) is 1. The van der Waals surface area contributed by atoms with Crippen molar-refractivity contribution in [2.75, 3.05) is 6.54 Å². The van der Waals surface area contributed by atoms with Crippen LogP contribution in [0.1, 0.15) is 17.3 Å². The molecule has 0 aromatic carbocycles. The Bertz CT molecular complexity index is 392. The van der Waals surface area contributed by atoms with Crippen LogP contribution in [0.3, 0.4) is 0 Å². The molecular weight excluding hydrogens is 232 g/mol. The number of hydrogen-bond donors (Lipinski definition) is 2. The van der Waals surface area contributed by atoms with E-state index in [1.807, 2.05) is 0 Å². The maximum absolute atomic E-state index is 11.5. The van der Waals surface area contributed by atoms with Gasteiger partial charge in [-0.1, -0.05) is 18.5 Å². The summed E-state index contributed by atoms with van der Waals surface area (Å²) in [5.74, 6) is -1.93. The van der Waals surface area contributed by atoms with Crippen LogP contribution >= 0.6 is 11.6 Å². The molecule has 0 fully saturated rings. The fraction of sp³-hybridized carbons (Fsp3) is 0.300. The Kier molecular flexibility index (Phi) is 4.25. The van der Waals surface area contributed by atoms with E-state index < -0.39 is 11.9 Å². The summed E-state index contributed by atoms with van der Waals surface area (Å²) in [6.45, 7) is 1.60. The van der Waals surface area contributed by atoms with Gasteiger partial charge in [-0.25, -0.2) is 4.98 Å². The second-order valence-electron chi connectivity index (χ2n) is 3.32. The summed E-state index contributed by atoms with van der Waals surface area (Å²) in [6, 6.07) is 3.02. The number of pyridine rings is 1. The first-order valence-corrected chi connectivity index (χ1v) is 5.01. The van der Waals surface area contributed by atoms with Crippen molar-refractivity contribution in [1.29, 1.82) is 0 Å². The van der Waals surface area contributed by atoms with Gasteiger partial charge in [-0.15, -0.1) is 0 Å². The topological polar surface area (TPSA) is 79.3 Å². The molecule has 0 radical (unpaired) electrons. The second kappa shape index (κ2) is 5.46. The molecule has 0 saturated carbocycles. The highest BCUT2D eigenvalue weighted by Crippen LogP contribution is 2.05. The average Bonchev–Trinajstić information content (AvgIpc) is 2.26. The number of rotatable bonds is 4. The van der Waals surface area contributed by atoms with Crippen molar-refractivity contribution in [3.8, 4) is 0 Å². The fourth-order valence-corrected chi connectivity index (χ4v) is 1.06. The van der Waals surface area contributed by atoms with Crippen molar-refractivity contribution >= 4 is 23.5 Å². The zero-order chi connectivity index (χ0) is 12.1. The number of carbonyl (C=O) groups is 2. The van der Waals surface area contributed by atoms with Crippen molar-refractivity contribution in [1.82, 2.24) is 10.3 Å². The van der Waals surface area contributed by atoms with Crippen LogP contribution in [0.25, 0.3) is 0 Å². The van der Waals surface area contributed by atoms with Gasteiger partial charge in [0.25, 0.3) is 5.91 Å². The lowest BCUT2D eigenvalue weighted by molar-refractivity contribution is -0.140. The van der Waals surface area contributed by atoms with E-state index >= 15 is 0 Å². The van der Waals surface area contributed by atoms with Crippen LogP contribution in [-0.2, 0) is 4.79 Å². The smallest absolute Gasteiger partial charge is 0.308 e. The van der Waals surface area contributed by atoms with Gasteiger partial charge in [-0.3, -0.25) is 9.59 Å². The zero-order valence-corrected chi connectivity index (χ0v) is 9.36. The predicted molar refractivity (Wildman–Crippen MR) is 58.4 cm³/mol. The summed E-state index contributed by atoms with van der Waals surface area (Å²) in [4.78, 5) is 25.8. The molecule has 6 heteroatoms. The van der Waals surface area contributed by atoms with Gasteiger partial charge in [0.15, 0.2) is 0 Å². The van der Waals surface area contributed by atoms with Crippen molar-refractivity contribution in [3.05, 3.63) is 29.0 Å². The fourth-order valence-electron chi connectivity index (χ4n) is 0.945. The van der Waals surface area contributed by atoms with Gasteiger partial charge in [0.05, 0.1) is 11.5 Å². The number of aromatic nitrogens is 1. The van der Waals surface area contributed by atoms with Crippen molar-refractivity contribution in [3.63, 3.8) is 0 Å². The predicted octanol–water partition coefficient (Wildman–Crippen LogP) is 1.19. The summed E-state index contributed by atoms with van der Waals surface area (Å²) in [5, 5.41) is 11.4. The number of nitrogens with zero attached hydrogens (tertiary/aromatic N) is 1. The van der Waals surface area contributed by atoms with E-state index in [9.17, 15) is 9.59 Å². The van der Waals surface area contributed by atoms with E-state index in [2.05, 4.69) is 10.3 Å². The third-order valence-corrected chi connectivity index (χ3v) is 2.20. The van der Waals surface area contributed by atoms with Gasteiger partial charge in [-0.2, -0.15) is 0 Å². The molecule has 0 aliphatic rings. The summed E-state index contributed by atoms with van der Waals surface area (Å²) in [5.41, 5.74) is 0.349. The summed E-state index contributed by atoms with van der Waals surface area (Å²) in [6.07, 6.45) is 1.34. The van der Waals surface area contributed by atoms with E-state index in [4.69, 9.17) is 16.7 Å². The van der Waals surface area contributed by atoms with E-state index in [0.717, 1.165) is 0 Å². The van der Waals surface area contributed by atoms with Gasteiger partial charge in [-0.05, 0) is 12.1 Å². The van der Waals surface area contributed by atoms with Crippen LogP contribution in [0.15, 0.2) is 18.3 Å². The Morgan fingerprint density at radius 3 is 2.75 bits per heavy atom. The van der Waals surface area contributed by atoms with Gasteiger partial charge in [0, 0.05) is 12.7 Å². The molecule has 1 heterocycles. The number of carbonyl (C=O) groups excluding carboxylic acids is 1. The number of amides is 1. The third-order valence-electron chi connectivity index (χ3n) is 1.98. The molecule has 1 rings (SSSR count). The molecule has 1 amide bonds. The largest absolute Gasteiger partial charge is 0.481 e. The first kappa shape index (κ1) is 12.4. The highest BCUT2D eigenvalue weighted by molar-refractivity contribution is 6.29. The van der Waals surface area contributed by atoms with Crippen molar-refractivity contribution < 1.29 is 14.7 Å². The second-order valence-corrected chi connectivity index (χ2v) is 3.71. The maximum atomic E-state index is 11.5. The van der Waals surface area contributed by atoms with Crippen LogP contribution in [0.4, 0.5) is 0 Å². The van der Waals surface area contributed by atoms with Crippen LogP contribution in [0, 0.1) is 5.92 Å². The summed E-state index contributed by atoms with van der Waals surface area (Å²) >= 11 is 5.56. The Balaban J connectivity index is 2.53. The summed E-state index contributed by atoms with van der Waals surface area (Å²) in [7, 11) is 0. The van der Waals surface area contributed by atoms with Crippen LogP contribution in [-0.4, -0.2) is 28.5 Å². The van der Waals surface area contributed by atoms with Crippen molar-refractivity contribution in [2.45, 2.75) is 6.92 Å². The Hall–Kier alpha value is -1.62. The first-order chi connectivity index (χ1) is 7.50. The molecule has 2 N–H and O–H groups in total. The quantitative estimate of drug-likeness (QED) is 0.778. The lowest BCUT2D eigenvalue weighted by Crippen LogP contribution is -2.31. The molecule has 0 bridgehead atoms. The number of hydrogen-bond acceptors (Lipinski definition) is 3. The number of halogens is 1. The van der Waals surface area contributed by atoms with Gasteiger partial charge < -0.3 is 10.4 Å². The number of carboxylic acids is 1. The maximum Gasteiger partial charge on any atom is 0.308 e. The highest BCUT2D eigenvalue weighted by Gasteiger charge is 2.13.